The van der Waals surface area contributed by atoms with E-state index in [2.05, 4.69) is 43.0 Å². The standard InChI is InChI=1S/C13H21N3/c1-6-9-8(2)15-12(16-11(9)14-5)10-7-13(10,3)4/h10H,6-7H2,1-5H3,(H,14,15,16). The van der Waals surface area contributed by atoms with Gasteiger partial charge in [-0.15, -0.1) is 0 Å². The van der Waals surface area contributed by atoms with Crippen LogP contribution in [0, 0.1) is 12.3 Å². The number of nitrogens with zero attached hydrogens (tertiary/aromatic N) is 2. The van der Waals surface area contributed by atoms with Crippen LogP contribution < -0.4 is 5.32 Å². The predicted octanol–water partition coefficient (Wildman–Crippen LogP) is 2.90. The molecule has 1 saturated carbocycles. The van der Waals surface area contributed by atoms with Gasteiger partial charge in [0.2, 0.25) is 0 Å². The van der Waals surface area contributed by atoms with Crippen LogP contribution in [-0.2, 0) is 6.42 Å². The van der Waals surface area contributed by atoms with Crippen LogP contribution in [0.25, 0.3) is 0 Å². The largest absolute Gasteiger partial charge is 0.373 e. The van der Waals surface area contributed by atoms with Crippen molar-refractivity contribution in [2.24, 2.45) is 5.41 Å². The molecule has 88 valence electrons. The van der Waals surface area contributed by atoms with Gasteiger partial charge in [-0.3, -0.25) is 0 Å². The van der Waals surface area contributed by atoms with E-state index in [1.54, 1.807) is 0 Å². The molecular weight excluding hydrogens is 198 g/mol. The monoisotopic (exact) mass is 219 g/mol. The molecule has 0 amide bonds. The van der Waals surface area contributed by atoms with Crippen molar-refractivity contribution in [1.29, 1.82) is 0 Å². The van der Waals surface area contributed by atoms with E-state index in [0.29, 0.717) is 11.3 Å². The highest BCUT2D eigenvalue weighted by molar-refractivity contribution is 5.46. The van der Waals surface area contributed by atoms with Crippen LogP contribution in [0.4, 0.5) is 5.82 Å². The van der Waals surface area contributed by atoms with Crippen LogP contribution in [0.2, 0.25) is 0 Å². The van der Waals surface area contributed by atoms with Crippen molar-refractivity contribution >= 4 is 5.82 Å². The number of aryl methyl sites for hydroxylation is 1. The van der Waals surface area contributed by atoms with Gasteiger partial charge >= 0.3 is 0 Å². The lowest BCUT2D eigenvalue weighted by Crippen LogP contribution is -2.07. The van der Waals surface area contributed by atoms with Gasteiger partial charge in [0.05, 0.1) is 0 Å². The van der Waals surface area contributed by atoms with Crippen molar-refractivity contribution in [3.05, 3.63) is 17.1 Å². The Labute approximate surface area is 97.7 Å². The van der Waals surface area contributed by atoms with Crippen molar-refractivity contribution in [2.75, 3.05) is 12.4 Å². The molecule has 16 heavy (non-hydrogen) atoms. The molecule has 1 atom stereocenters. The Kier molecular flexibility index (Phi) is 2.64. The molecule has 1 aliphatic rings. The molecule has 1 fully saturated rings. The maximum atomic E-state index is 4.66. The lowest BCUT2D eigenvalue weighted by Gasteiger charge is -2.12. The van der Waals surface area contributed by atoms with Crippen LogP contribution in [0.1, 0.15) is 50.2 Å². The maximum Gasteiger partial charge on any atom is 0.134 e. The highest BCUT2D eigenvalue weighted by atomic mass is 15.0. The van der Waals surface area contributed by atoms with E-state index in [-0.39, 0.29) is 0 Å². The first-order valence-electron chi connectivity index (χ1n) is 6.04. The van der Waals surface area contributed by atoms with Gasteiger partial charge in [-0.25, -0.2) is 9.97 Å². The predicted molar refractivity (Wildman–Crippen MR) is 66.8 cm³/mol. The maximum absolute atomic E-state index is 4.66. The summed E-state index contributed by atoms with van der Waals surface area (Å²) in [5.74, 6) is 2.57. The molecule has 1 N–H and O–H groups in total. The van der Waals surface area contributed by atoms with Gasteiger partial charge in [0.1, 0.15) is 11.6 Å². The summed E-state index contributed by atoms with van der Waals surface area (Å²) in [5.41, 5.74) is 2.76. The highest BCUT2D eigenvalue weighted by Crippen LogP contribution is 2.57. The fourth-order valence-electron chi connectivity index (χ4n) is 2.31. The molecular formula is C13H21N3. The average Bonchev–Trinajstić information content (AvgIpc) is 2.86. The zero-order valence-corrected chi connectivity index (χ0v) is 10.9. The smallest absolute Gasteiger partial charge is 0.134 e. The molecule has 3 heteroatoms. The van der Waals surface area contributed by atoms with Crippen LogP contribution in [-0.4, -0.2) is 17.0 Å². The molecule has 0 aliphatic heterocycles. The fourth-order valence-corrected chi connectivity index (χ4v) is 2.31. The summed E-state index contributed by atoms with van der Waals surface area (Å²) in [4.78, 5) is 9.32. The second-order valence-electron chi connectivity index (χ2n) is 5.34. The molecule has 2 rings (SSSR count). The summed E-state index contributed by atoms with van der Waals surface area (Å²) in [6, 6.07) is 0. The Balaban J connectivity index is 2.39. The van der Waals surface area contributed by atoms with E-state index in [9.17, 15) is 0 Å². The topological polar surface area (TPSA) is 37.8 Å². The second-order valence-corrected chi connectivity index (χ2v) is 5.34. The molecule has 1 unspecified atom stereocenters. The van der Waals surface area contributed by atoms with Crippen LogP contribution in [0.15, 0.2) is 0 Å². The number of aromatic nitrogens is 2. The summed E-state index contributed by atoms with van der Waals surface area (Å²) in [6.07, 6.45) is 2.19. The molecule has 0 saturated heterocycles. The van der Waals surface area contributed by atoms with Gasteiger partial charge in [0, 0.05) is 24.2 Å². The minimum atomic E-state index is 0.394. The molecule has 1 aromatic heterocycles. The zero-order chi connectivity index (χ0) is 11.9. The van der Waals surface area contributed by atoms with E-state index in [4.69, 9.17) is 0 Å². The first-order valence-corrected chi connectivity index (χ1v) is 6.04. The SMILES string of the molecule is CCc1c(C)nc(C2CC2(C)C)nc1NC. The van der Waals surface area contributed by atoms with Crippen molar-refractivity contribution in [3.63, 3.8) is 0 Å². The van der Waals surface area contributed by atoms with Gasteiger partial charge in [-0.2, -0.15) is 0 Å². The average molecular weight is 219 g/mol. The van der Waals surface area contributed by atoms with Crippen molar-refractivity contribution in [1.82, 2.24) is 9.97 Å². The minimum Gasteiger partial charge on any atom is -0.373 e. The summed E-state index contributed by atoms with van der Waals surface area (Å²) in [6.45, 7) is 8.79. The van der Waals surface area contributed by atoms with Crippen molar-refractivity contribution in [3.8, 4) is 0 Å². The molecule has 1 aliphatic carbocycles. The second kappa shape index (κ2) is 3.72. The van der Waals surface area contributed by atoms with Gasteiger partial charge in [0.25, 0.3) is 0 Å². The summed E-state index contributed by atoms with van der Waals surface area (Å²) < 4.78 is 0. The van der Waals surface area contributed by atoms with Gasteiger partial charge in [-0.1, -0.05) is 20.8 Å². The highest BCUT2D eigenvalue weighted by Gasteiger charge is 2.48. The minimum absolute atomic E-state index is 0.394. The van der Waals surface area contributed by atoms with Crippen LogP contribution in [0.5, 0.6) is 0 Å². The lowest BCUT2D eigenvalue weighted by atomic mass is 10.1. The molecule has 0 radical (unpaired) electrons. The molecule has 1 aromatic rings. The third-order valence-corrected chi connectivity index (χ3v) is 3.65. The Morgan fingerprint density at radius 1 is 1.38 bits per heavy atom. The van der Waals surface area contributed by atoms with Gasteiger partial charge in [-0.05, 0) is 25.2 Å². The Hall–Kier alpha value is -1.12. The van der Waals surface area contributed by atoms with Gasteiger partial charge in [0.15, 0.2) is 0 Å². The normalized spacial score (nSPS) is 21.9. The third kappa shape index (κ3) is 1.79. The van der Waals surface area contributed by atoms with E-state index in [1.807, 2.05) is 7.05 Å². The number of anilines is 1. The number of hydrogen-bond donors (Lipinski definition) is 1. The van der Waals surface area contributed by atoms with Gasteiger partial charge < -0.3 is 5.32 Å². The summed E-state index contributed by atoms with van der Waals surface area (Å²) in [7, 11) is 1.93. The molecule has 1 heterocycles. The Morgan fingerprint density at radius 2 is 2.00 bits per heavy atom. The quantitative estimate of drug-likeness (QED) is 0.849. The van der Waals surface area contributed by atoms with E-state index in [1.165, 1.54) is 12.0 Å². The van der Waals surface area contributed by atoms with Crippen molar-refractivity contribution in [2.45, 2.75) is 46.5 Å². The third-order valence-electron chi connectivity index (χ3n) is 3.65. The molecule has 0 spiro atoms. The molecule has 0 aromatic carbocycles. The number of hydrogen-bond acceptors (Lipinski definition) is 3. The van der Waals surface area contributed by atoms with E-state index >= 15 is 0 Å². The van der Waals surface area contributed by atoms with E-state index in [0.717, 1.165) is 23.8 Å². The first kappa shape index (κ1) is 11.4. The fraction of sp³-hybridized carbons (Fsp3) is 0.692. The zero-order valence-electron chi connectivity index (χ0n) is 10.9. The summed E-state index contributed by atoms with van der Waals surface area (Å²) >= 11 is 0. The number of nitrogens with one attached hydrogen (secondary N) is 1. The summed E-state index contributed by atoms with van der Waals surface area (Å²) in [5, 5.41) is 3.19. The van der Waals surface area contributed by atoms with Crippen LogP contribution >= 0.6 is 0 Å². The number of rotatable bonds is 3. The Bertz CT molecular complexity index is 410. The molecule has 0 bridgehead atoms. The van der Waals surface area contributed by atoms with E-state index < -0.39 is 0 Å². The lowest BCUT2D eigenvalue weighted by molar-refractivity contribution is 0.607. The first-order chi connectivity index (χ1) is 7.49. The Morgan fingerprint density at radius 3 is 2.44 bits per heavy atom. The van der Waals surface area contributed by atoms with Crippen molar-refractivity contribution < 1.29 is 0 Å². The van der Waals surface area contributed by atoms with Crippen LogP contribution in [0.3, 0.4) is 0 Å². The molecule has 3 nitrogen and oxygen atoms in total.